The van der Waals surface area contributed by atoms with Crippen LogP contribution < -0.4 is 0 Å². The van der Waals surface area contributed by atoms with Crippen LogP contribution in [0.2, 0.25) is 0 Å². The van der Waals surface area contributed by atoms with E-state index in [1.165, 1.54) is 19.3 Å². The van der Waals surface area contributed by atoms with E-state index in [1.807, 2.05) is 13.8 Å². The molecule has 0 aliphatic carbocycles. The van der Waals surface area contributed by atoms with Gasteiger partial charge >= 0.3 is 5.97 Å². The Morgan fingerprint density at radius 1 is 0.692 bits per heavy atom. The summed E-state index contributed by atoms with van der Waals surface area (Å²) in [6.07, 6.45) is 6.00. The molecule has 0 aliphatic heterocycles. The number of carbonyl (C=O) groups is 1. The first kappa shape index (κ1) is 25.3. The van der Waals surface area contributed by atoms with Crippen molar-refractivity contribution in [1.82, 2.24) is 0 Å². The third-order valence-electron chi connectivity index (χ3n) is 3.51. The van der Waals surface area contributed by atoms with E-state index in [2.05, 4.69) is 6.92 Å². The Labute approximate surface area is 159 Å². The van der Waals surface area contributed by atoms with E-state index in [0.29, 0.717) is 71.6 Å². The van der Waals surface area contributed by atoms with E-state index in [1.54, 1.807) is 0 Å². The molecular weight excluding hydrogens is 336 g/mol. The van der Waals surface area contributed by atoms with Gasteiger partial charge in [-0.1, -0.05) is 40.0 Å². The van der Waals surface area contributed by atoms with Crippen LogP contribution in [0, 0.1) is 5.92 Å². The number of hydrogen-bond donors (Lipinski definition) is 0. The van der Waals surface area contributed by atoms with Crippen LogP contribution in [0.25, 0.3) is 0 Å². The highest BCUT2D eigenvalue weighted by molar-refractivity contribution is 5.69. The lowest BCUT2D eigenvalue weighted by Gasteiger charge is -2.08. The van der Waals surface area contributed by atoms with Crippen LogP contribution >= 0.6 is 0 Å². The minimum atomic E-state index is -0.152. The van der Waals surface area contributed by atoms with Gasteiger partial charge in [-0.05, 0) is 18.8 Å². The molecule has 0 aliphatic rings. The molecule has 0 atom stereocenters. The van der Waals surface area contributed by atoms with E-state index in [9.17, 15) is 4.79 Å². The summed E-state index contributed by atoms with van der Waals surface area (Å²) >= 11 is 0. The van der Waals surface area contributed by atoms with Gasteiger partial charge in [-0.3, -0.25) is 4.79 Å². The lowest BCUT2D eigenvalue weighted by Crippen LogP contribution is -2.13. The summed E-state index contributed by atoms with van der Waals surface area (Å²) in [5.41, 5.74) is 0. The Morgan fingerprint density at radius 2 is 1.19 bits per heavy atom. The third-order valence-corrected chi connectivity index (χ3v) is 3.51. The van der Waals surface area contributed by atoms with Crippen molar-refractivity contribution in [1.29, 1.82) is 0 Å². The number of carbonyl (C=O) groups excluding carboxylic acids is 1. The van der Waals surface area contributed by atoms with E-state index < -0.39 is 0 Å². The van der Waals surface area contributed by atoms with Crippen molar-refractivity contribution < 1.29 is 28.5 Å². The predicted molar refractivity (Wildman–Crippen MR) is 102 cm³/mol. The van der Waals surface area contributed by atoms with Crippen molar-refractivity contribution in [2.45, 2.75) is 59.3 Å². The van der Waals surface area contributed by atoms with Gasteiger partial charge in [-0.25, -0.2) is 0 Å². The zero-order valence-electron chi connectivity index (χ0n) is 17.1. The van der Waals surface area contributed by atoms with Crippen molar-refractivity contribution in [3.8, 4) is 0 Å². The summed E-state index contributed by atoms with van der Waals surface area (Å²) < 4.78 is 26.8. The van der Waals surface area contributed by atoms with Crippen LogP contribution in [0.15, 0.2) is 0 Å². The molecule has 0 N–H and O–H groups in total. The lowest BCUT2D eigenvalue weighted by atomic mass is 10.2. The fourth-order valence-electron chi connectivity index (χ4n) is 2.04. The number of rotatable bonds is 20. The van der Waals surface area contributed by atoms with Gasteiger partial charge in [0.15, 0.2) is 0 Å². The van der Waals surface area contributed by atoms with Crippen molar-refractivity contribution in [3.63, 3.8) is 0 Å². The number of unbranched alkanes of at least 4 members (excludes halogenated alkanes) is 3. The van der Waals surface area contributed by atoms with Gasteiger partial charge < -0.3 is 23.7 Å². The van der Waals surface area contributed by atoms with E-state index in [0.717, 1.165) is 13.0 Å². The van der Waals surface area contributed by atoms with Crippen LogP contribution in [0.3, 0.4) is 0 Å². The molecule has 0 fully saturated rings. The van der Waals surface area contributed by atoms with Gasteiger partial charge in [0.25, 0.3) is 0 Å². The Balaban J connectivity index is 3.08. The molecule has 26 heavy (non-hydrogen) atoms. The molecule has 156 valence electrons. The number of hydrogen-bond acceptors (Lipinski definition) is 6. The van der Waals surface area contributed by atoms with Gasteiger partial charge in [0.2, 0.25) is 0 Å². The molecule has 0 saturated heterocycles. The Hall–Kier alpha value is -0.690. The maximum absolute atomic E-state index is 11.4. The second-order valence-electron chi connectivity index (χ2n) is 6.69. The minimum Gasteiger partial charge on any atom is -0.465 e. The smallest absolute Gasteiger partial charge is 0.305 e. The molecule has 0 rings (SSSR count). The molecule has 0 bridgehead atoms. The third kappa shape index (κ3) is 21.4. The summed E-state index contributed by atoms with van der Waals surface area (Å²) in [6.45, 7) is 11.6. The maximum atomic E-state index is 11.4. The van der Waals surface area contributed by atoms with Crippen molar-refractivity contribution >= 4 is 5.97 Å². The van der Waals surface area contributed by atoms with Gasteiger partial charge in [-0.15, -0.1) is 0 Å². The van der Waals surface area contributed by atoms with Crippen LogP contribution in [0.5, 0.6) is 0 Å². The van der Waals surface area contributed by atoms with Crippen LogP contribution in [0.4, 0.5) is 0 Å². The van der Waals surface area contributed by atoms with Gasteiger partial charge in [0.05, 0.1) is 46.2 Å². The average Bonchev–Trinajstić information content (AvgIpc) is 2.62. The number of esters is 1. The predicted octanol–water partition coefficient (Wildman–Crippen LogP) is 3.61. The van der Waals surface area contributed by atoms with Gasteiger partial charge in [0.1, 0.15) is 0 Å². The van der Waals surface area contributed by atoms with Crippen molar-refractivity contribution in [2.75, 3.05) is 59.5 Å². The lowest BCUT2D eigenvalue weighted by molar-refractivity contribution is -0.145. The first-order valence-electron chi connectivity index (χ1n) is 10.1. The van der Waals surface area contributed by atoms with Crippen molar-refractivity contribution in [2.24, 2.45) is 5.92 Å². The highest BCUT2D eigenvalue weighted by Gasteiger charge is 2.03. The molecule has 0 aromatic rings. The molecule has 0 radical (unpaired) electrons. The summed E-state index contributed by atoms with van der Waals surface area (Å²) in [4.78, 5) is 11.4. The topological polar surface area (TPSA) is 63.2 Å². The van der Waals surface area contributed by atoms with E-state index in [4.69, 9.17) is 23.7 Å². The molecule has 0 heterocycles. The summed E-state index contributed by atoms with van der Waals surface area (Å²) in [7, 11) is 0. The van der Waals surface area contributed by atoms with Gasteiger partial charge in [0, 0.05) is 19.6 Å². The largest absolute Gasteiger partial charge is 0.465 e. The summed E-state index contributed by atoms with van der Waals surface area (Å²) in [5.74, 6) is 0.222. The Kier molecular flexibility index (Phi) is 20.1. The summed E-state index contributed by atoms with van der Waals surface area (Å²) in [6, 6.07) is 0. The fourth-order valence-corrected chi connectivity index (χ4v) is 2.04. The van der Waals surface area contributed by atoms with Crippen LogP contribution in [0.1, 0.15) is 59.3 Å². The molecule has 6 heteroatoms. The average molecular weight is 377 g/mol. The van der Waals surface area contributed by atoms with Crippen molar-refractivity contribution in [3.05, 3.63) is 0 Å². The molecule has 0 aromatic carbocycles. The highest BCUT2D eigenvalue weighted by Crippen LogP contribution is 1.99. The zero-order chi connectivity index (χ0) is 19.3. The molecular formula is C20H40O6. The Bertz CT molecular complexity index is 296. The molecule has 0 aromatic heterocycles. The maximum Gasteiger partial charge on any atom is 0.305 e. The first-order valence-corrected chi connectivity index (χ1v) is 10.1. The fraction of sp³-hybridized carbons (Fsp3) is 0.950. The minimum absolute atomic E-state index is 0.152. The van der Waals surface area contributed by atoms with E-state index >= 15 is 0 Å². The molecule has 6 nitrogen and oxygen atoms in total. The van der Waals surface area contributed by atoms with E-state index in [-0.39, 0.29) is 5.97 Å². The molecule has 0 spiro atoms. The second-order valence-corrected chi connectivity index (χ2v) is 6.69. The first-order chi connectivity index (χ1) is 12.7. The quantitative estimate of drug-likeness (QED) is 0.239. The highest BCUT2D eigenvalue weighted by atomic mass is 16.6. The normalized spacial score (nSPS) is 11.2. The number of ether oxygens (including phenoxy) is 5. The molecule has 0 amide bonds. The van der Waals surface area contributed by atoms with Crippen LogP contribution in [-0.4, -0.2) is 65.4 Å². The standard InChI is InChI=1S/C20H40O6/c1-4-5-6-7-10-22-12-14-24-16-17-25-15-13-23-11-8-9-20(21)26-18-19(2)3/h19H,4-18H2,1-3H3. The summed E-state index contributed by atoms with van der Waals surface area (Å²) in [5, 5.41) is 0. The molecule has 0 saturated carbocycles. The monoisotopic (exact) mass is 376 g/mol. The van der Waals surface area contributed by atoms with Crippen LogP contribution in [-0.2, 0) is 28.5 Å². The van der Waals surface area contributed by atoms with Gasteiger partial charge in [-0.2, -0.15) is 0 Å². The molecule has 0 unspecified atom stereocenters. The zero-order valence-corrected chi connectivity index (χ0v) is 17.1. The second kappa shape index (κ2) is 20.6. The SMILES string of the molecule is CCCCCCOCCOCCOCCOCCCC(=O)OCC(C)C. The Morgan fingerprint density at radius 3 is 1.69 bits per heavy atom.